The van der Waals surface area contributed by atoms with Gasteiger partial charge in [-0.05, 0) is 19.1 Å². The lowest BCUT2D eigenvalue weighted by molar-refractivity contribution is 0.761. The quantitative estimate of drug-likeness (QED) is 0.664. The van der Waals surface area contributed by atoms with E-state index in [1.807, 2.05) is 42.2 Å². The van der Waals surface area contributed by atoms with Crippen LogP contribution >= 0.6 is 12.6 Å². The molecule has 1 aliphatic heterocycles. The Balaban J connectivity index is 2.31. The maximum absolute atomic E-state index is 4.36. The van der Waals surface area contributed by atoms with E-state index in [1.54, 1.807) is 0 Å². The highest BCUT2D eigenvalue weighted by atomic mass is 32.1. The third kappa shape index (κ3) is 1.49. The molecule has 1 aliphatic rings. The Morgan fingerprint density at radius 2 is 2.08 bits per heavy atom. The normalized spacial score (nSPS) is 21.2. The smallest absolute Gasteiger partial charge is 0.165 e. The second-order valence-electron chi connectivity index (χ2n) is 2.87. The molecule has 0 spiro atoms. The van der Waals surface area contributed by atoms with Crippen molar-refractivity contribution in [1.82, 2.24) is 5.43 Å². The van der Waals surface area contributed by atoms with Gasteiger partial charge >= 0.3 is 0 Å². The summed E-state index contributed by atoms with van der Waals surface area (Å²) in [6.45, 7) is 1.95. The van der Waals surface area contributed by atoms with Crippen molar-refractivity contribution in [3.8, 4) is 0 Å². The first-order valence-electron chi connectivity index (χ1n) is 4.11. The molecule has 0 saturated carbocycles. The first-order chi connectivity index (χ1) is 6.29. The molecular weight excluding hydrogens is 182 g/mol. The minimum Gasteiger partial charge on any atom is -0.297 e. The topological polar surface area (TPSA) is 27.6 Å². The van der Waals surface area contributed by atoms with Gasteiger partial charge in [-0.25, -0.2) is 0 Å². The highest BCUT2D eigenvalue weighted by Gasteiger charge is 2.22. The molecule has 0 amide bonds. The average Bonchev–Trinajstić information content (AvgIpc) is 2.48. The van der Waals surface area contributed by atoms with Crippen LogP contribution in [0.2, 0.25) is 0 Å². The van der Waals surface area contributed by atoms with E-state index in [-0.39, 0.29) is 5.50 Å². The molecule has 1 heterocycles. The van der Waals surface area contributed by atoms with E-state index < -0.39 is 0 Å². The Labute approximate surface area is 82.9 Å². The SMILES string of the molecule is CC1=NNC(S)N1c1ccccc1. The lowest BCUT2D eigenvalue weighted by Crippen LogP contribution is -2.34. The van der Waals surface area contributed by atoms with E-state index in [4.69, 9.17) is 0 Å². The van der Waals surface area contributed by atoms with Gasteiger partial charge in [0.05, 0.1) is 0 Å². The molecule has 68 valence electrons. The second-order valence-corrected chi connectivity index (χ2v) is 3.36. The first-order valence-corrected chi connectivity index (χ1v) is 4.63. The van der Waals surface area contributed by atoms with Gasteiger partial charge in [0.15, 0.2) is 5.50 Å². The van der Waals surface area contributed by atoms with Crippen LogP contribution in [-0.2, 0) is 0 Å². The van der Waals surface area contributed by atoms with Crippen molar-refractivity contribution >= 4 is 24.2 Å². The molecule has 0 radical (unpaired) electrons. The number of amidine groups is 1. The Kier molecular flexibility index (Phi) is 2.14. The van der Waals surface area contributed by atoms with Gasteiger partial charge in [-0.15, -0.1) is 12.6 Å². The van der Waals surface area contributed by atoms with Crippen LogP contribution in [0.1, 0.15) is 6.92 Å². The van der Waals surface area contributed by atoms with E-state index in [2.05, 4.69) is 23.2 Å². The molecule has 1 atom stereocenters. The number of thiol groups is 1. The highest BCUT2D eigenvalue weighted by molar-refractivity contribution is 7.81. The maximum atomic E-state index is 4.36. The van der Waals surface area contributed by atoms with E-state index >= 15 is 0 Å². The Morgan fingerprint density at radius 3 is 2.62 bits per heavy atom. The third-order valence-corrected chi connectivity index (χ3v) is 2.32. The zero-order chi connectivity index (χ0) is 9.26. The molecule has 1 unspecified atom stereocenters. The Hall–Kier alpha value is -1.16. The molecule has 2 rings (SSSR count). The van der Waals surface area contributed by atoms with Gasteiger partial charge in [-0.2, -0.15) is 5.10 Å². The van der Waals surface area contributed by atoms with Crippen molar-refractivity contribution in [3.63, 3.8) is 0 Å². The number of nitrogens with zero attached hydrogens (tertiary/aromatic N) is 2. The number of hydrazone groups is 1. The van der Waals surface area contributed by atoms with Gasteiger partial charge < -0.3 is 0 Å². The molecule has 1 aromatic carbocycles. The Morgan fingerprint density at radius 1 is 1.38 bits per heavy atom. The van der Waals surface area contributed by atoms with Gasteiger partial charge in [0.1, 0.15) is 5.84 Å². The average molecular weight is 193 g/mol. The van der Waals surface area contributed by atoms with Crippen molar-refractivity contribution in [2.45, 2.75) is 12.4 Å². The van der Waals surface area contributed by atoms with Gasteiger partial charge in [0.25, 0.3) is 0 Å². The van der Waals surface area contributed by atoms with Crippen molar-refractivity contribution in [1.29, 1.82) is 0 Å². The molecule has 0 bridgehead atoms. The van der Waals surface area contributed by atoms with E-state index in [0.29, 0.717) is 0 Å². The fourth-order valence-corrected chi connectivity index (χ4v) is 1.71. The predicted octanol–water partition coefficient (Wildman–Crippen LogP) is 1.64. The van der Waals surface area contributed by atoms with E-state index in [1.165, 1.54) is 0 Å². The third-order valence-electron chi connectivity index (χ3n) is 1.97. The molecular formula is C9H11N3S. The molecule has 0 saturated heterocycles. The molecule has 1 N–H and O–H groups in total. The summed E-state index contributed by atoms with van der Waals surface area (Å²) in [5.41, 5.74) is 3.95. The predicted molar refractivity (Wildman–Crippen MR) is 57.9 cm³/mol. The lowest BCUT2D eigenvalue weighted by Gasteiger charge is -2.21. The number of para-hydroxylation sites is 1. The van der Waals surface area contributed by atoms with Gasteiger partial charge in [-0.3, -0.25) is 10.3 Å². The zero-order valence-electron chi connectivity index (χ0n) is 7.31. The van der Waals surface area contributed by atoms with Crippen molar-refractivity contribution in [2.75, 3.05) is 4.90 Å². The number of nitrogens with one attached hydrogen (secondary N) is 1. The number of benzene rings is 1. The van der Waals surface area contributed by atoms with Crippen molar-refractivity contribution in [2.24, 2.45) is 5.10 Å². The van der Waals surface area contributed by atoms with Crippen LogP contribution in [0.3, 0.4) is 0 Å². The van der Waals surface area contributed by atoms with E-state index in [9.17, 15) is 0 Å². The molecule has 0 aliphatic carbocycles. The van der Waals surface area contributed by atoms with Crippen LogP contribution in [0.25, 0.3) is 0 Å². The van der Waals surface area contributed by atoms with Gasteiger partial charge in [0, 0.05) is 5.69 Å². The summed E-state index contributed by atoms with van der Waals surface area (Å²) < 4.78 is 0. The molecule has 3 nitrogen and oxygen atoms in total. The summed E-state index contributed by atoms with van der Waals surface area (Å²) in [5.74, 6) is 0.936. The zero-order valence-corrected chi connectivity index (χ0v) is 8.20. The monoisotopic (exact) mass is 193 g/mol. The van der Waals surface area contributed by atoms with Crippen LogP contribution < -0.4 is 10.3 Å². The van der Waals surface area contributed by atoms with Crippen molar-refractivity contribution in [3.05, 3.63) is 30.3 Å². The van der Waals surface area contributed by atoms with Crippen LogP contribution in [0, 0.1) is 0 Å². The summed E-state index contributed by atoms with van der Waals surface area (Å²) >= 11 is 4.36. The molecule has 0 fully saturated rings. The first kappa shape index (κ1) is 8.44. The largest absolute Gasteiger partial charge is 0.297 e. The highest BCUT2D eigenvalue weighted by Crippen LogP contribution is 2.20. The van der Waals surface area contributed by atoms with Crippen LogP contribution in [0.4, 0.5) is 5.69 Å². The fraction of sp³-hybridized carbons (Fsp3) is 0.222. The Bertz CT molecular complexity index is 323. The minimum atomic E-state index is -0.0533. The lowest BCUT2D eigenvalue weighted by atomic mass is 10.3. The molecule has 0 aromatic heterocycles. The van der Waals surface area contributed by atoms with Crippen LogP contribution in [-0.4, -0.2) is 11.3 Å². The summed E-state index contributed by atoms with van der Waals surface area (Å²) in [7, 11) is 0. The number of hydrogen-bond acceptors (Lipinski definition) is 4. The van der Waals surface area contributed by atoms with Crippen LogP contribution in [0.5, 0.6) is 0 Å². The molecule has 1 aromatic rings. The van der Waals surface area contributed by atoms with E-state index in [0.717, 1.165) is 11.5 Å². The summed E-state index contributed by atoms with van der Waals surface area (Å²) in [6.07, 6.45) is 0. The second kappa shape index (κ2) is 3.30. The van der Waals surface area contributed by atoms with Crippen LogP contribution in [0.15, 0.2) is 35.4 Å². The maximum Gasteiger partial charge on any atom is 0.165 e. The molecule has 13 heavy (non-hydrogen) atoms. The summed E-state index contributed by atoms with van der Waals surface area (Å²) in [6, 6.07) is 10.1. The van der Waals surface area contributed by atoms with Gasteiger partial charge in [0.2, 0.25) is 0 Å². The standard InChI is InChI=1S/C9H11N3S/c1-7-10-11-9(13)12(7)8-5-3-2-4-6-8/h2-6,9,11,13H,1H3. The fourth-order valence-electron chi connectivity index (χ4n) is 1.36. The number of rotatable bonds is 1. The van der Waals surface area contributed by atoms with Crippen molar-refractivity contribution < 1.29 is 0 Å². The molecule has 4 heteroatoms. The summed E-state index contributed by atoms with van der Waals surface area (Å²) in [4.78, 5) is 2.03. The number of hydrogen-bond donors (Lipinski definition) is 2. The minimum absolute atomic E-state index is 0.0533. The summed E-state index contributed by atoms with van der Waals surface area (Å²) in [5, 5.41) is 4.09. The van der Waals surface area contributed by atoms with Gasteiger partial charge in [-0.1, -0.05) is 18.2 Å². The number of anilines is 1.